The highest BCUT2D eigenvalue weighted by Gasteiger charge is 2.30. The number of benzene rings is 1. The third-order valence-corrected chi connectivity index (χ3v) is 5.12. The summed E-state index contributed by atoms with van der Waals surface area (Å²) in [5.41, 5.74) is 5.72. The number of carbonyl (C=O) groups is 1. The third-order valence-electron chi connectivity index (χ3n) is 3.26. The molecule has 1 aromatic carbocycles. The van der Waals surface area contributed by atoms with E-state index in [1.54, 1.807) is 0 Å². The van der Waals surface area contributed by atoms with Crippen molar-refractivity contribution in [2.24, 2.45) is 5.73 Å². The smallest absolute Gasteiger partial charge is 0.337 e. The average Bonchev–Trinajstić information content (AvgIpc) is 2.54. The van der Waals surface area contributed by atoms with Crippen LogP contribution < -0.4 is 5.73 Å². The number of methoxy groups -OCH3 is 1. The Kier molecular flexibility index (Phi) is 6.76. The Morgan fingerprint density at radius 3 is 2.86 bits per heavy atom. The van der Waals surface area contributed by atoms with Crippen LogP contribution in [0.4, 0.5) is 0 Å². The maximum Gasteiger partial charge on any atom is 0.337 e. The predicted molar refractivity (Wildman–Crippen MR) is 82.6 cm³/mol. The molecule has 0 amide bonds. The molecule has 1 aromatic rings. The van der Waals surface area contributed by atoms with Crippen LogP contribution in [-0.2, 0) is 19.5 Å². The van der Waals surface area contributed by atoms with E-state index in [-0.39, 0.29) is 48.6 Å². The van der Waals surface area contributed by atoms with Crippen LogP contribution >= 0.6 is 12.4 Å². The van der Waals surface area contributed by atoms with Gasteiger partial charge in [0, 0.05) is 19.6 Å². The standard InChI is InChI=1S/C13H18N2O5S.ClH/c1-19-13(16)10-3-2-4-12(7-10)21(17,18)15-5-6-20-11(8-14)9-15;/h2-4,7,11H,5-6,8-9,14H2,1H3;1H. The Bertz CT molecular complexity index is 623. The van der Waals surface area contributed by atoms with E-state index in [0.717, 1.165) is 0 Å². The monoisotopic (exact) mass is 350 g/mol. The molecule has 1 heterocycles. The van der Waals surface area contributed by atoms with Gasteiger partial charge in [0.15, 0.2) is 0 Å². The van der Waals surface area contributed by atoms with E-state index in [2.05, 4.69) is 4.74 Å². The topological polar surface area (TPSA) is 98.9 Å². The quantitative estimate of drug-likeness (QED) is 0.781. The maximum absolute atomic E-state index is 12.6. The second kappa shape index (κ2) is 7.89. The zero-order chi connectivity index (χ0) is 15.5. The number of hydrogen-bond acceptors (Lipinski definition) is 6. The first-order valence-corrected chi connectivity index (χ1v) is 7.93. The number of sulfonamides is 1. The van der Waals surface area contributed by atoms with E-state index in [4.69, 9.17) is 10.5 Å². The number of hydrogen-bond donors (Lipinski definition) is 1. The lowest BCUT2D eigenvalue weighted by Crippen LogP contribution is -2.48. The second-order valence-corrected chi connectivity index (χ2v) is 6.55. The molecule has 0 bridgehead atoms. The molecule has 2 rings (SSSR count). The van der Waals surface area contributed by atoms with Gasteiger partial charge in [-0.15, -0.1) is 12.4 Å². The molecule has 0 spiro atoms. The van der Waals surface area contributed by atoms with Crippen LogP contribution in [0, 0.1) is 0 Å². The molecule has 2 N–H and O–H groups in total. The fourth-order valence-corrected chi connectivity index (χ4v) is 3.61. The largest absolute Gasteiger partial charge is 0.465 e. The van der Waals surface area contributed by atoms with E-state index in [0.29, 0.717) is 6.61 Å². The Balaban J connectivity index is 0.00000242. The van der Waals surface area contributed by atoms with Gasteiger partial charge in [-0.05, 0) is 18.2 Å². The molecule has 124 valence electrons. The maximum atomic E-state index is 12.6. The Morgan fingerprint density at radius 1 is 1.50 bits per heavy atom. The van der Waals surface area contributed by atoms with Crippen molar-refractivity contribution in [1.82, 2.24) is 4.31 Å². The van der Waals surface area contributed by atoms with Crippen molar-refractivity contribution >= 4 is 28.4 Å². The summed E-state index contributed by atoms with van der Waals surface area (Å²) in [6.45, 7) is 1.04. The van der Waals surface area contributed by atoms with Crippen molar-refractivity contribution in [2.45, 2.75) is 11.0 Å². The van der Waals surface area contributed by atoms with Crippen molar-refractivity contribution in [2.75, 3.05) is 33.4 Å². The lowest BCUT2D eigenvalue weighted by molar-refractivity contribution is 0.00450. The molecular formula is C13H19ClN2O5S. The molecule has 9 heteroatoms. The van der Waals surface area contributed by atoms with Gasteiger partial charge >= 0.3 is 5.97 Å². The molecule has 7 nitrogen and oxygen atoms in total. The summed E-state index contributed by atoms with van der Waals surface area (Å²) in [6.07, 6.45) is -0.308. The van der Waals surface area contributed by atoms with Gasteiger partial charge in [-0.2, -0.15) is 4.31 Å². The van der Waals surface area contributed by atoms with E-state index < -0.39 is 16.0 Å². The lowest BCUT2D eigenvalue weighted by Gasteiger charge is -2.31. The van der Waals surface area contributed by atoms with Gasteiger partial charge in [-0.1, -0.05) is 6.07 Å². The van der Waals surface area contributed by atoms with Gasteiger partial charge in [-0.3, -0.25) is 0 Å². The fraction of sp³-hybridized carbons (Fsp3) is 0.462. The Morgan fingerprint density at radius 2 is 2.23 bits per heavy atom. The summed E-state index contributed by atoms with van der Waals surface area (Å²) in [5.74, 6) is -0.575. The van der Waals surface area contributed by atoms with Gasteiger partial charge < -0.3 is 15.2 Å². The summed E-state index contributed by atoms with van der Waals surface area (Å²) in [4.78, 5) is 11.6. The normalized spacial score (nSPS) is 19.3. The predicted octanol–water partition coefficient (Wildman–Crippen LogP) is 0.243. The summed E-state index contributed by atoms with van der Waals surface area (Å²) < 4.78 is 36.5. The van der Waals surface area contributed by atoms with E-state index in [1.165, 1.54) is 35.7 Å². The number of carbonyl (C=O) groups excluding carboxylic acids is 1. The van der Waals surface area contributed by atoms with Crippen LogP contribution in [0.15, 0.2) is 29.2 Å². The highest BCUT2D eigenvalue weighted by molar-refractivity contribution is 7.89. The van der Waals surface area contributed by atoms with Gasteiger partial charge in [-0.25, -0.2) is 13.2 Å². The number of esters is 1. The minimum absolute atomic E-state index is 0. The van der Waals surface area contributed by atoms with E-state index >= 15 is 0 Å². The van der Waals surface area contributed by atoms with Crippen molar-refractivity contribution < 1.29 is 22.7 Å². The van der Waals surface area contributed by atoms with Crippen LogP contribution in [0.2, 0.25) is 0 Å². The number of nitrogens with two attached hydrogens (primary N) is 1. The molecule has 22 heavy (non-hydrogen) atoms. The van der Waals surface area contributed by atoms with Crippen LogP contribution in [0.5, 0.6) is 0 Å². The first-order valence-electron chi connectivity index (χ1n) is 6.49. The van der Waals surface area contributed by atoms with Crippen molar-refractivity contribution in [1.29, 1.82) is 0 Å². The Labute approximate surface area is 135 Å². The van der Waals surface area contributed by atoms with Gasteiger partial charge in [0.05, 0.1) is 30.3 Å². The SMILES string of the molecule is COC(=O)c1cccc(S(=O)(=O)N2CCOC(CN)C2)c1.Cl. The highest BCUT2D eigenvalue weighted by atomic mass is 35.5. The number of morpholine rings is 1. The molecule has 1 saturated heterocycles. The molecule has 0 radical (unpaired) electrons. The first-order chi connectivity index (χ1) is 9.98. The molecule has 0 aromatic heterocycles. The van der Waals surface area contributed by atoms with Gasteiger partial charge in [0.2, 0.25) is 10.0 Å². The summed E-state index contributed by atoms with van der Waals surface area (Å²) in [5, 5.41) is 0. The number of nitrogens with zero attached hydrogens (tertiary/aromatic N) is 1. The minimum Gasteiger partial charge on any atom is -0.465 e. The molecule has 1 fully saturated rings. The third kappa shape index (κ3) is 3.96. The van der Waals surface area contributed by atoms with Gasteiger partial charge in [0.25, 0.3) is 0 Å². The molecule has 0 saturated carbocycles. The van der Waals surface area contributed by atoms with Crippen molar-refractivity contribution in [3.8, 4) is 0 Å². The fourth-order valence-electron chi connectivity index (χ4n) is 2.10. The van der Waals surface area contributed by atoms with Crippen molar-refractivity contribution in [3.05, 3.63) is 29.8 Å². The molecule has 1 aliphatic heterocycles. The molecule has 1 unspecified atom stereocenters. The first kappa shape index (κ1) is 18.9. The molecule has 0 aliphatic carbocycles. The summed E-state index contributed by atoms with van der Waals surface area (Å²) in [7, 11) is -2.43. The number of rotatable bonds is 4. The zero-order valence-electron chi connectivity index (χ0n) is 12.1. The molecular weight excluding hydrogens is 332 g/mol. The number of ether oxygens (including phenoxy) is 2. The molecule has 1 atom stereocenters. The van der Waals surface area contributed by atoms with Crippen molar-refractivity contribution in [3.63, 3.8) is 0 Å². The van der Waals surface area contributed by atoms with E-state index in [9.17, 15) is 13.2 Å². The second-order valence-electron chi connectivity index (χ2n) is 4.61. The lowest BCUT2D eigenvalue weighted by atomic mass is 10.2. The van der Waals surface area contributed by atoms with Crippen LogP contribution in [0.25, 0.3) is 0 Å². The van der Waals surface area contributed by atoms with E-state index in [1.807, 2.05) is 0 Å². The number of halogens is 1. The highest BCUT2D eigenvalue weighted by Crippen LogP contribution is 2.20. The minimum atomic E-state index is -3.68. The van der Waals surface area contributed by atoms with Crippen LogP contribution in [-0.4, -0.2) is 58.1 Å². The van der Waals surface area contributed by atoms with Crippen LogP contribution in [0.3, 0.4) is 0 Å². The Hall–Kier alpha value is -1.19. The average molecular weight is 351 g/mol. The molecule has 1 aliphatic rings. The van der Waals surface area contributed by atoms with Crippen LogP contribution in [0.1, 0.15) is 10.4 Å². The summed E-state index contributed by atoms with van der Waals surface area (Å²) in [6, 6.07) is 5.79. The zero-order valence-corrected chi connectivity index (χ0v) is 13.7. The van der Waals surface area contributed by atoms with Gasteiger partial charge in [0.1, 0.15) is 0 Å². The summed E-state index contributed by atoms with van der Waals surface area (Å²) >= 11 is 0.